The van der Waals surface area contributed by atoms with Gasteiger partial charge in [-0.1, -0.05) is 12.1 Å². The van der Waals surface area contributed by atoms with E-state index in [4.69, 9.17) is 0 Å². The Morgan fingerprint density at radius 3 is 3.04 bits per heavy atom. The van der Waals surface area contributed by atoms with E-state index in [1.807, 2.05) is 5.38 Å². The molecule has 0 spiro atoms. The van der Waals surface area contributed by atoms with E-state index in [-0.39, 0.29) is 11.8 Å². The van der Waals surface area contributed by atoms with Crippen LogP contribution in [-0.2, 0) is 18.3 Å². The van der Waals surface area contributed by atoms with Crippen molar-refractivity contribution in [2.75, 3.05) is 18.9 Å². The van der Waals surface area contributed by atoms with Crippen LogP contribution in [0, 0.1) is 5.92 Å². The summed E-state index contributed by atoms with van der Waals surface area (Å²) in [6.45, 7) is 0.802. The Morgan fingerprint density at radius 1 is 1.35 bits per heavy atom. The van der Waals surface area contributed by atoms with E-state index in [0.29, 0.717) is 17.1 Å². The van der Waals surface area contributed by atoms with Gasteiger partial charge in [0.05, 0.1) is 5.92 Å². The van der Waals surface area contributed by atoms with Crippen LogP contribution >= 0.6 is 11.3 Å². The van der Waals surface area contributed by atoms with Crippen molar-refractivity contribution in [2.24, 2.45) is 13.0 Å². The summed E-state index contributed by atoms with van der Waals surface area (Å²) >= 11 is 1.47. The predicted octanol–water partition coefficient (Wildman–Crippen LogP) is 3.23. The summed E-state index contributed by atoms with van der Waals surface area (Å²) in [5, 5.41) is 6.98. The molecular weight excluding hydrogens is 344 g/mol. The van der Waals surface area contributed by atoms with Gasteiger partial charge in [-0.15, -0.1) is 11.3 Å². The van der Waals surface area contributed by atoms with Gasteiger partial charge >= 0.3 is 0 Å². The molecular formula is C20H22N4OS. The number of carbonyl (C=O) groups excluding carboxylic acids is 1. The molecule has 1 aliphatic carbocycles. The second-order valence-corrected chi connectivity index (χ2v) is 8.48. The highest BCUT2D eigenvalue weighted by Crippen LogP contribution is 2.44. The zero-order chi connectivity index (χ0) is 17.8. The lowest BCUT2D eigenvalue weighted by atomic mass is 9.72. The minimum atomic E-state index is -0.00864. The van der Waals surface area contributed by atoms with Crippen LogP contribution in [0.15, 0.2) is 36.0 Å². The molecule has 26 heavy (non-hydrogen) atoms. The fourth-order valence-electron chi connectivity index (χ4n) is 4.90. The van der Waals surface area contributed by atoms with Crippen LogP contribution in [0.4, 0.5) is 5.13 Å². The van der Waals surface area contributed by atoms with Crippen LogP contribution in [0.2, 0.25) is 0 Å². The van der Waals surface area contributed by atoms with Crippen molar-refractivity contribution in [1.29, 1.82) is 0 Å². The monoisotopic (exact) mass is 366 g/mol. The number of aromatic nitrogens is 2. The van der Waals surface area contributed by atoms with Gasteiger partial charge < -0.3 is 14.8 Å². The molecule has 3 atom stereocenters. The molecule has 5 rings (SSSR count). The van der Waals surface area contributed by atoms with Crippen molar-refractivity contribution in [2.45, 2.75) is 24.8 Å². The highest BCUT2D eigenvalue weighted by Gasteiger charge is 2.41. The Labute approximate surface area is 156 Å². The average Bonchev–Trinajstić information content (AvgIpc) is 3.25. The molecule has 6 heteroatoms. The fraction of sp³-hybridized carbons (Fsp3) is 0.400. The van der Waals surface area contributed by atoms with Gasteiger partial charge in [0, 0.05) is 54.2 Å². The number of thiazole rings is 1. The minimum Gasteiger partial charge on any atom is -0.350 e. The summed E-state index contributed by atoms with van der Waals surface area (Å²) in [6, 6.07) is 7.09. The average molecular weight is 366 g/mol. The smallest absolute Gasteiger partial charge is 0.230 e. The maximum absolute atomic E-state index is 12.8. The number of rotatable bonds is 2. The lowest BCUT2D eigenvalue weighted by Gasteiger charge is -2.45. The molecule has 0 saturated carbocycles. The van der Waals surface area contributed by atoms with Crippen molar-refractivity contribution in [1.82, 2.24) is 14.5 Å². The second-order valence-electron chi connectivity index (χ2n) is 7.58. The molecule has 1 saturated heterocycles. The number of likely N-dealkylation sites (tertiary alicyclic amines) is 1. The van der Waals surface area contributed by atoms with E-state index in [1.54, 1.807) is 6.20 Å². The molecule has 2 aromatic heterocycles. The summed E-state index contributed by atoms with van der Waals surface area (Å²) in [7, 11) is 4.28. The van der Waals surface area contributed by atoms with Crippen molar-refractivity contribution in [3.63, 3.8) is 0 Å². The maximum Gasteiger partial charge on any atom is 0.230 e. The number of likely N-dealkylation sites (N-methyl/N-ethyl adjacent to an activating group) is 1. The Balaban J connectivity index is 1.49. The molecule has 1 amide bonds. The minimum absolute atomic E-state index is 0.00864. The third-order valence-corrected chi connectivity index (χ3v) is 6.75. The zero-order valence-corrected chi connectivity index (χ0v) is 15.8. The standard InChI is InChI=1S/C20H22N4OS/c1-23-10-12-9-17-15(14-4-3-5-16(23)18(12)14)8-13(11-24(17)2)19(25)22-20-21-6-7-26-20/h3-7,10,13,15,17H,8-9,11H2,1-2H3,(H,21,22,25)/t13-,15?,17-/m1/s1. The normalized spacial score (nSPS) is 25.2. The molecule has 1 unspecified atom stereocenters. The predicted molar refractivity (Wildman–Crippen MR) is 105 cm³/mol. The van der Waals surface area contributed by atoms with Gasteiger partial charge in [-0.3, -0.25) is 4.79 Å². The highest BCUT2D eigenvalue weighted by molar-refractivity contribution is 7.13. The quantitative estimate of drug-likeness (QED) is 0.758. The number of fused-ring (bicyclic) bond motifs is 2. The Hall–Kier alpha value is -2.18. The van der Waals surface area contributed by atoms with Gasteiger partial charge in [0.2, 0.25) is 5.91 Å². The van der Waals surface area contributed by atoms with Gasteiger partial charge in [-0.25, -0.2) is 4.98 Å². The second kappa shape index (κ2) is 5.93. The first kappa shape index (κ1) is 16.0. The molecule has 1 fully saturated rings. The van der Waals surface area contributed by atoms with E-state index in [9.17, 15) is 4.79 Å². The fourth-order valence-corrected chi connectivity index (χ4v) is 5.43. The number of carbonyl (C=O) groups is 1. The summed E-state index contributed by atoms with van der Waals surface area (Å²) in [5.74, 6) is 0.487. The molecule has 1 aliphatic heterocycles. The zero-order valence-electron chi connectivity index (χ0n) is 15.0. The van der Waals surface area contributed by atoms with Crippen LogP contribution in [0.3, 0.4) is 0 Å². The van der Waals surface area contributed by atoms with Crippen LogP contribution < -0.4 is 5.32 Å². The maximum atomic E-state index is 12.8. The van der Waals surface area contributed by atoms with E-state index in [2.05, 4.69) is 58.3 Å². The van der Waals surface area contributed by atoms with Gasteiger partial charge in [0.1, 0.15) is 0 Å². The van der Waals surface area contributed by atoms with E-state index < -0.39 is 0 Å². The van der Waals surface area contributed by atoms with Crippen LogP contribution in [0.5, 0.6) is 0 Å². The number of amides is 1. The first-order valence-corrected chi connectivity index (χ1v) is 9.97. The molecule has 134 valence electrons. The van der Waals surface area contributed by atoms with Crippen molar-refractivity contribution in [3.8, 4) is 0 Å². The summed E-state index contributed by atoms with van der Waals surface area (Å²) in [6.07, 6.45) is 5.97. The first-order valence-electron chi connectivity index (χ1n) is 9.09. The largest absolute Gasteiger partial charge is 0.350 e. The number of benzene rings is 1. The summed E-state index contributed by atoms with van der Waals surface area (Å²) < 4.78 is 2.23. The van der Waals surface area contributed by atoms with Gasteiger partial charge in [-0.2, -0.15) is 0 Å². The van der Waals surface area contributed by atoms with Gasteiger partial charge in [0.25, 0.3) is 0 Å². The molecule has 3 aromatic rings. The lowest BCUT2D eigenvalue weighted by Crippen LogP contribution is -2.50. The van der Waals surface area contributed by atoms with E-state index >= 15 is 0 Å². The summed E-state index contributed by atoms with van der Waals surface area (Å²) in [5.41, 5.74) is 4.15. The molecule has 3 heterocycles. The highest BCUT2D eigenvalue weighted by atomic mass is 32.1. The lowest BCUT2D eigenvalue weighted by molar-refractivity contribution is -0.122. The SMILES string of the molecule is CN1C[C@H](C(=O)Nc2nccs2)CC2c3cccc4c3c(cn4C)C[C@H]21. The number of hydrogen-bond donors (Lipinski definition) is 1. The topological polar surface area (TPSA) is 50.2 Å². The summed E-state index contributed by atoms with van der Waals surface area (Å²) in [4.78, 5) is 19.4. The van der Waals surface area contributed by atoms with Crippen LogP contribution in [0.25, 0.3) is 10.9 Å². The molecule has 2 aliphatic rings. The van der Waals surface area contributed by atoms with Crippen LogP contribution in [-0.4, -0.2) is 40.0 Å². The number of anilines is 1. The number of nitrogens with one attached hydrogen (secondary N) is 1. The van der Waals surface area contributed by atoms with Crippen molar-refractivity contribution in [3.05, 3.63) is 47.1 Å². The van der Waals surface area contributed by atoms with Crippen LogP contribution in [0.1, 0.15) is 23.5 Å². The number of piperidine rings is 1. The van der Waals surface area contributed by atoms with Gasteiger partial charge in [-0.05, 0) is 37.1 Å². The Morgan fingerprint density at radius 2 is 2.23 bits per heavy atom. The first-order chi connectivity index (χ1) is 12.6. The number of aryl methyl sites for hydroxylation is 1. The Bertz CT molecular complexity index is 977. The third kappa shape index (κ3) is 2.40. The molecule has 5 nitrogen and oxygen atoms in total. The third-order valence-electron chi connectivity index (χ3n) is 6.06. The molecule has 0 radical (unpaired) electrons. The van der Waals surface area contributed by atoms with Crippen molar-refractivity contribution < 1.29 is 4.79 Å². The van der Waals surface area contributed by atoms with Gasteiger partial charge in [0.15, 0.2) is 5.13 Å². The number of hydrogen-bond acceptors (Lipinski definition) is 4. The Kier molecular flexibility index (Phi) is 3.65. The van der Waals surface area contributed by atoms with E-state index in [0.717, 1.165) is 19.4 Å². The molecule has 0 bridgehead atoms. The van der Waals surface area contributed by atoms with E-state index in [1.165, 1.54) is 33.4 Å². The molecule has 1 N–H and O–H groups in total. The van der Waals surface area contributed by atoms with Crippen molar-refractivity contribution >= 4 is 33.3 Å². The number of nitrogens with zero attached hydrogens (tertiary/aromatic N) is 3. The molecule has 1 aromatic carbocycles.